The first-order chi connectivity index (χ1) is 13.5. The fourth-order valence-corrected chi connectivity index (χ4v) is 3.04. The Morgan fingerprint density at radius 3 is 2.54 bits per heavy atom. The van der Waals surface area contributed by atoms with Gasteiger partial charge < -0.3 is 5.73 Å². The monoisotopic (exact) mass is 397 g/mol. The molecule has 0 aliphatic rings. The molecule has 4 rings (SSSR count). The summed E-state index contributed by atoms with van der Waals surface area (Å²) in [6.07, 6.45) is 4.72. The number of rotatable bonds is 4. The van der Waals surface area contributed by atoms with E-state index in [2.05, 4.69) is 15.1 Å². The number of halogens is 3. The van der Waals surface area contributed by atoms with Crippen LogP contribution in [0.3, 0.4) is 0 Å². The van der Waals surface area contributed by atoms with Crippen molar-refractivity contribution in [3.05, 3.63) is 83.4 Å². The molecule has 0 saturated heterocycles. The molecule has 140 valence electrons. The molecule has 0 saturated carbocycles. The topological polar surface area (TPSA) is 69.6 Å². The van der Waals surface area contributed by atoms with Gasteiger partial charge in [0, 0.05) is 28.4 Å². The maximum atomic E-state index is 13.9. The van der Waals surface area contributed by atoms with Crippen LogP contribution in [-0.2, 0) is 6.54 Å². The summed E-state index contributed by atoms with van der Waals surface area (Å²) in [5, 5.41) is 4.87. The smallest absolute Gasteiger partial charge is 0.135 e. The number of aromatic nitrogens is 4. The van der Waals surface area contributed by atoms with Crippen LogP contribution in [0.25, 0.3) is 22.4 Å². The standard InChI is InChI=1S/C20H14ClF2N5/c21-15-4-1-12(2-5-15)18-19(25-11-26-20(18)24)14-8-27-28(10-14)9-13-3-6-16(22)7-17(13)23/h1-8,10-11H,9H2,(H2,24,25,26). The van der Waals surface area contributed by atoms with Crippen LogP contribution in [0.4, 0.5) is 14.6 Å². The molecule has 8 heteroatoms. The summed E-state index contributed by atoms with van der Waals surface area (Å²) < 4.78 is 28.5. The van der Waals surface area contributed by atoms with E-state index in [0.717, 1.165) is 11.6 Å². The minimum Gasteiger partial charge on any atom is -0.383 e. The van der Waals surface area contributed by atoms with Gasteiger partial charge in [0.2, 0.25) is 0 Å². The maximum absolute atomic E-state index is 13.9. The van der Waals surface area contributed by atoms with Gasteiger partial charge in [0.25, 0.3) is 0 Å². The third kappa shape index (κ3) is 3.57. The van der Waals surface area contributed by atoms with Gasteiger partial charge in [-0.15, -0.1) is 0 Å². The molecule has 0 radical (unpaired) electrons. The zero-order chi connectivity index (χ0) is 19.7. The zero-order valence-corrected chi connectivity index (χ0v) is 15.2. The lowest BCUT2D eigenvalue weighted by Crippen LogP contribution is -2.02. The van der Waals surface area contributed by atoms with E-state index < -0.39 is 11.6 Å². The molecule has 0 aliphatic carbocycles. The predicted octanol–water partition coefficient (Wildman–Crippen LogP) is 4.57. The van der Waals surface area contributed by atoms with Crippen molar-refractivity contribution in [3.8, 4) is 22.4 Å². The van der Waals surface area contributed by atoms with Crippen LogP contribution in [0.2, 0.25) is 5.02 Å². The minimum absolute atomic E-state index is 0.156. The Labute approximate surface area is 164 Å². The Balaban J connectivity index is 1.71. The van der Waals surface area contributed by atoms with Crippen LogP contribution >= 0.6 is 11.6 Å². The van der Waals surface area contributed by atoms with Crippen LogP contribution in [0.1, 0.15) is 5.56 Å². The number of anilines is 1. The molecule has 2 aromatic heterocycles. The number of nitrogen functional groups attached to an aromatic ring is 1. The first-order valence-electron chi connectivity index (χ1n) is 8.34. The van der Waals surface area contributed by atoms with Crippen molar-refractivity contribution >= 4 is 17.4 Å². The van der Waals surface area contributed by atoms with E-state index in [0.29, 0.717) is 33.2 Å². The quantitative estimate of drug-likeness (QED) is 0.547. The third-order valence-corrected chi connectivity index (χ3v) is 4.52. The Bertz CT molecular complexity index is 1140. The molecule has 0 bridgehead atoms. The molecule has 2 heterocycles. The molecule has 0 atom stereocenters. The van der Waals surface area contributed by atoms with Crippen LogP contribution in [0, 0.1) is 11.6 Å². The highest BCUT2D eigenvalue weighted by molar-refractivity contribution is 6.30. The van der Waals surface area contributed by atoms with E-state index in [9.17, 15) is 8.78 Å². The van der Waals surface area contributed by atoms with Crippen LogP contribution in [0.5, 0.6) is 0 Å². The first-order valence-corrected chi connectivity index (χ1v) is 8.72. The summed E-state index contributed by atoms with van der Waals surface area (Å²) in [4.78, 5) is 8.44. The van der Waals surface area contributed by atoms with E-state index in [1.165, 1.54) is 18.5 Å². The summed E-state index contributed by atoms with van der Waals surface area (Å²) in [6, 6.07) is 10.6. The average Bonchev–Trinajstić information content (AvgIpc) is 3.13. The number of benzene rings is 2. The van der Waals surface area contributed by atoms with E-state index >= 15 is 0 Å². The van der Waals surface area contributed by atoms with E-state index in [1.54, 1.807) is 29.2 Å². The Morgan fingerprint density at radius 2 is 1.79 bits per heavy atom. The molecule has 0 spiro atoms. The molecule has 2 aromatic carbocycles. The third-order valence-electron chi connectivity index (χ3n) is 4.26. The Morgan fingerprint density at radius 1 is 1.00 bits per heavy atom. The van der Waals surface area contributed by atoms with Gasteiger partial charge in [-0.2, -0.15) is 5.10 Å². The second-order valence-corrected chi connectivity index (χ2v) is 6.59. The zero-order valence-electron chi connectivity index (χ0n) is 14.5. The van der Waals surface area contributed by atoms with Crippen molar-refractivity contribution in [2.75, 3.05) is 5.73 Å². The van der Waals surface area contributed by atoms with Crippen molar-refractivity contribution < 1.29 is 8.78 Å². The first kappa shape index (κ1) is 18.1. The number of nitrogens with two attached hydrogens (primary N) is 1. The fourth-order valence-electron chi connectivity index (χ4n) is 2.92. The minimum atomic E-state index is -0.620. The molecule has 0 fully saturated rings. The van der Waals surface area contributed by atoms with Gasteiger partial charge in [-0.05, 0) is 23.8 Å². The van der Waals surface area contributed by atoms with Crippen molar-refractivity contribution in [1.29, 1.82) is 0 Å². The molecular formula is C20H14ClF2N5. The van der Waals surface area contributed by atoms with E-state index in [-0.39, 0.29) is 6.54 Å². The van der Waals surface area contributed by atoms with Gasteiger partial charge in [0.05, 0.1) is 24.0 Å². The predicted molar refractivity (Wildman–Crippen MR) is 104 cm³/mol. The normalized spacial score (nSPS) is 11.0. The largest absolute Gasteiger partial charge is 0.383 e. The molecule has 2 N–H and O–H groups in total. The number of hydrogen-bond donors (Lipinski definition) is 1. The molecule has 0 unspecified atom stereocenters. The lowest BCUT2D eigenvalue weighted by Gasteiger charge is -2.09. The van der Waals surface area contributed by atoms with Gasteiger partial charge in [-0.3, -0.25) is 4.68 Å². The summed E-state index contributed by atoms with van der Waals surface area (Å²) in [5.41, 5.74) is 9.19. The Hall–Kier alpha value is -3.32. The lowest BCUT2D eigenvalue weighted by molar-refractivity contribution is 0.558. The lowest BCUT2D eigenvalue weighted by atomic mass is 10.0. The summed E-state index contributed by atoms with van der Waals surface area (Å²) in [5.74, 6) is -0.915. The fraction of sp³-hybridized carbons (Fsp3) is 0.0500. The van der Waals surface area contributed by atoms with Crippen molar-refractivity contribution in [2.24, 2.45) is 0 Å². The summed E-state index contributed by atoms with van der Waals surface area (Å²) >= 11 is 5.97. The maximum Gasteiger partial charge on any atom is 0.135 e. The van der Waals surface area contributed by atoms with Gasteiger partial charge in [0.15, 0.2) is 0 Å². The molecule has 28 heavy (non-hydrogen) atoms. The van der Waals surface area contributed by atoms with Gasteiger partial charge in [-0.25, -0.2) is 18.7 Å². The van der Waals surface area contributed by atoms with Gasteiger partial charge in [0.1, 0.15) is 23.8 Å². The van der Waals surface area contributed by atoms with Crippen molar-refractivity contribution in [3.63, 3.8) is 0 Å². The molecule has 5 nitrogen and oxygen atoms in total. The molecule has 0 aliphatic heterocycles. The van der Waals surface area contributed by atoms with E-state index in [1.807, 2.05) is 12.1 Å². The van der Waals surface area contributed by atoms with Crippen LogP contribution in [-0.4, -0.2) is 19.7 Å². The van der Waals surface area contributed by atoms with Gasteiger partial charge >= 0.3 is 0 Å². The number of nitrogens with zero attached hydrogens (tertiary/aromatic N) is 4. The average molecular weight is 398 g/mol. The van der Waals surface area contributed by atoms with Crippen LogP contribution < -0.4 is 5.73 Å². The van der Waals surface area contributed by atoms with E-state index in [4.69, 9.17) is 17.3 Å². The molecule has 4 aromatic rings. The van der Waals surface area contributed by atoms with Crippen LogP contribution in [0.15, 0.2) is 61.2 Å². The molecular weight excluding hydrogens is 384 g/mol. The van der Waals surface area contributed by atoms with Gasteiger partial charge in [-0.1, -0.05) is 29.8 Å². The second kappa shape index (κ2) is 7.36. The summed E-state index contributed by atoms with van der Waals surface area (Å²) in [6.45, 7) is 0.156. The van der Waals surface area contributed by atoms with Crippen molar-refractivity contribution in [1.82, 2.24) is 19.7 Å². The second-order valence-electron chi connectivity index (χ2n) is 6.15. The Kier molecular flexibility index (Phi) is 4.75. The highest BCUT2D eigenvalue weighted by Gasteiger charge is 2.15. The van der Waals surface area contributed by atoms with Crippen molar-refractivity contribution in [2.45, 2.75) is 6.54 Å². The SMILES string of the molecule is Nc1ncnc(-c2cnn(Cc3ccc(F)cc3F)c2)c1-c1ccc(Cl)cc1. The highest BCUT2D eigenvalue weighted by atomic mass is 35.5. The highest BCUT2D eigenvalue weighted by Crippen LogP contribution is 2.34. The molecule has 0 amide bonds. The number of hydrogen-bond acceptors (Lipinski definition) is 4. The summed E-state index contributed by atoms with van der Waals surface area (Å²) in [7, 11) is 0.